The van der Waals surface area contributed by atoms with Gasteiger partial charge in [-0.2, -0.15) is 13.2 Å². The van der Waals surface area contributed by atoms with E-state index >= 15 is 0 Å². The average Bonchev–Trinajstić information content (AvgIpc) is 2.24. The SMILES string of the molecule is COC(=O)c1cc(C(F)F)[nH]c(=O)c1C(F)(F)F. The van der Waals surface area contributed by atoms with Crippen LogP contribution in [0.2, 0.25) is 0 Å². The molecule has 0 spiro atoms. The molecular formula is C9H6F5NO3. The fraction of sp³-hybridized carbons (Fsp3) is 0.333. The first kappa shape index (κ1) is 14.1. The molecule has 9 heteroatoms. The minimum atomic E-state index is -5.16. The van der Waals surface area contributed by atoms with E-state index in [1.165, 1.54) is 4.98 Å². The van der Waals surface area contributed by atoms with Gasteiger partial charge in [-0.05, 0) is 6.07 Å². The Morgan fingerprint density at radius 1 is 1.39 bits per heavy atom. The van der Waals surface area contributed by atoms with E-state index in [1.54, 1.807) is 0 Å². The van der Waals surface area contributed by atoms with Crippen molar-refractivity contribution in [2.45, 2.75) is 12.6 Å². The van der Waals surface area contributed by atoms with E-state index in [0.29, 0.717) is 0 Å². The third-order valence-corrected chi connectivity index (χ3v) is 1.98. The van der Waals surface area contributed by atoms with E-state index < -0.39 is 41.0 Å². The molecule has 0 amide bonds. The minimum Gasteiger partial charge on any atom is -0.465 e. The third kappa shape index (κ3) is 2.66. The fourth-order valence-electron chi connectivity index (χ4n) is 1.25. The minimum absolute atomic E-state index is 0.251. The number of aromatic amines is 1. The summed E-state index contributed by atoms with van der Waals surface area (Å²) in [6.45, 7) is 0. The molecule has 1 aromatic heterocycles. The molecule has 0 saturated heterocycles. The Bertz CT molecular complexity index is 520. The Hall–Kier alpha value is -1.93. The zero-order valence-corrected chi connectivity index (χ0v) is 8.77. The summed E-state index contributed by atoms with van der Waals surface area (Å²) in [5, 5.41) is 0. The summed E-state index contributed by atoms with van der Waals surface area (Å²) in [5.74, 6) is -1.52. The number of esters is 1. The first-order chi connectivity index (χ1) is 8.18. The summed E-state index contributed by atoms with van der Waals surface area (Å²) >= 11 is 0. The standard InChI is InChI=1S/C9H6F5NO3/c1-18-8(17)3-2-4(6(10)11)15-7(16)5(3)9(12,13)14/h2,6H,1H3,(H,15,16). The molecule has 18 heavy (non-hydrogen) atoms. The van der Waals surface area contributed by atoms with E-state index in [2.05, 4.69) is 4.74 Å². The summed E-state index contributed by atoms with van der Waals surface area (Å²) in [6.07, 6.45) is -8.37. The van der Waals surface area contributed by atoms with Crippen LogP contribution in [0.25, 0.3) is 0 Å². The quantitative estimate of drug-likeness (QED) is 0.662. The van der Waals surface area contributed by atoms with Crippen LogP contribution in [0.4, 0.5) is 22.0 Å². The largest absolute Gasteiger partial charge is 0.465 e. The molecule has 0 aliphatic rings. The van der Waals surface area contributed by atoms with Gasteiger partial charge < -0.3 is 9.72 Å². The Morgan fingerprint density at radius 2 is 1.94 bits per heavy atom. The summed E-state index contributed by atoms with van der Waals surface area (Å²) in [7, 11) is 0.770. The van der Waals surface area contributed by atoms with E-state index in [1.807, 2.05) is 0 Å². The number of rotatable bonds is 2. The van der Waals surface area contributed by atoms with Gasteiger partial charge in [0.2, 0.25) is 0 Å². The maximum absolute atomic E-state index is 12.5. The molecule has 0 aromatic carbocycles. The smallest absolute Gasteiger partial charge is 0.422 e. The Balaban J connectivity index is 3.61. The number of H-pyrrole nitrogens is 1. The van der Waals surface area contributed by atoms with Crippen LogP contribution in [0.15, 0.2) is 10.9 Å². The van der Waals surface area contributed by atoms with Gasteiger partial charge in [-0.3, -0.25) is 4.79 Å². The van der Waals surface area contributed by atoms with Crippen molar-refractivity contribution in [1.82, 2.24) is 4.98 Å². The van der Waals surface area contributed by atoms with Crippen LogP contribution in [-0.2, 0) is 10.9 Å². The highest BCUT2D eigenvalue weighted by Gasteiger charge is 2.39. The number of alkyl halides is 5. The van der Waals surface area contributed by atoms with Gasteiger partial charge in [-0.15, -0.1) is 0 Å². The number of ether oxygens (including phenoxy) is 1. The molecule has 1 heterocycles. The predicted octanol–water partition coefficient (Wildman–Crippen LogP) is 2.12. The molecule has 0 aliphatic carbocycles. The lowest BCUT2D eigenvalue weighted by molar-refractivity contribution is -0.139. The van der Waals surface area contributed by atoms with E-state index in [4.69, 9.17) is 0 Å². The lowest BCUT2D eigenvalue weighted by Crippen LogP contribution is -2.27. The van der Waals surface area contributed by atoms with Gasteiger partial charge in [0.1, 0.15) is 5.56 Å². The summed E-state index contributed by atoms with van der Waals surface area (Å²) in [6, 6.07) is 0.251. The van der Waals surface area contributed by atoms with Gasteiger partial charge in [0, 0.05) is 0 Å². The number of methoxy groups -OCH3 is 1. The Morgan fingerprint density at radius 3 is 2.33 bits per heavy atom. The molecule has 1 aromatic rings. The third-order valence-electron chi connectivity index (χ3n) is 1.98. The van der Waals surface area contributed by atoms with Gasteiger partial charge in [-0.1, -0.05) is 0 Å². The molecule has 0 saturated carbocycles. The van der Waals surface area contributed by atoms with E-state index in [9.17, 15) is 31.5 Å². The number of aromatic nitrogens is 1. The molecule has 0 atom stereocenters. The first-order valence-corrected chi connectivity index (χ1v) is 4.39. The highest BCUT2D eigenvalue weighted by Crippen LogP contribution is 2.30. The number of hydrogen-bond donors (Lipinski definition) is 1. The topological polar surface area (TPSA) is 59.2 Å². The van der Waals surface area contributed by atoms with Gasteiger partial charge in [0.05, 0.1) is 18.4 Å². The van der Waals surface area contributed by atoms with Crippen LogP contribution in [0.3, 0.4) is 0 Å². The summed E-state index contributed by atoms with van der Waals surface area (Å²) in [4.78, 5) is 23.6. The molecule has 1 rings (SSSR count). The molecule has 0 aliphatic heterocycles. The van der Waals surface area contributed by atoms with Crippen molar-refractivity contribution in [3.63, 3.8) is 0 Å². The Kier molecular flexibility index (Phi) is 3.73. The zero-order valence-electron chi connectivity index (χ0n) is 8.77. The van der Waals surface area contributed by atoms with Crippen LogP contribution in [0.1, 0.15) is 28.0 Å². The molecule has 0 radical (unpaired) electrons. The second-order valence-corrected chi connectivity index (χ2v) is 3.13. The van der Waals surface area contributed by atoms with Gasteiger partial charge >= 0.3 is 12.1 Å². The number of carbonyl (C=O) groups excluding carboxylic acids is 1. The normalized spacial score (nSPS) is 11.7. The molecule has 0 unspecified atom stereocenters. The molecule has 0 bridgehead atoms. The number of carbonyl (C=O) groups is 1. The monoisotopic (exact) mass is 271 g/mol. The molecular weight excluding hydrogens is 265 g/mol. The van der Waals surface area contributed by atoms with Crippen molar-refractivity contribution >= 4 is 5.97 Å². The number of hydrogen-bond acceptors (Lipinski definition) is 3. The number of pyridine rings is 1. The van der Waals surface area contributed by atoms with Crippen molar-refractivity contribution in [2.24, 2.45) is 0 Å². The van der Waals surface area contributed by atoms with Crippen LogP contribution in [-0.4, -0.2) is 18.1 Å². The van der Waals surface area contributed by atoms with Crippen molar-refractivity contribution in [2.75, 3.05) is 7.11 Å². The predicted molar refractivity (Wildman–Crippen MR) is 48.4 cm³/mol. The van der Waals surface area contributed by atoms with Crippen molar-refractivity contribution in [1.29, 1.82) is 0 Å². The van der Waals surface area contributed by atoms with Crippen molar-refractivity contribution < 1.29 is 31.5 Å². The summed E-state index contributed by atoms with van der Waals surface area (Å²) < 4.78 is 66.2. The van der Waals surface area contributed by atoms with Crippen LogP contribution >= 0.6 is 0 Å². The maximum atomic E-state index is 12.5. The highest BCUT2D eigenvalue weighted by atomic mass is 19.4. The second-order valence-electron chi connectivity index (χ2n) is 3.13. The average molecular weight is 271 g/mol. The lowest BCUT2D eigenvalue weighted by Gasteiger charge is -2.11. The zero-order chi connectivity index (χ0) is 14.1. The fourth-order valence-corrected chi connectivity index (χ4v) is 1.25. The van der Waals surface area contributed by atoms with Crippen LogP contribution < -0.4 is 5.56 Å². The lowest BCUT2D eigenvalue weighted by atomic mass is 10.1. The second kappa shape index (κ2) is 4.75. The van der Waals surface area contributed by atoms with E-state index in [0.717, 1.165) is 7.11 Å². The molecule has 0 fully saturated rings. The first-order valence-electron chi connectivity index (χ1n) is 4.39. The molecule has 100 valence electrons. The molecule has 4 nitrogen and oxygen atoms in total. The van der Waals surface area contributed by atoms with Gasteiger partial charge in [-0.25, -0.2) is 13.6 Å². The van der Waals surface area contributed by atoms with E-state index in [-0.39, 0.29) is 6.07 Å². The van der Waals surface area contributed by atoms with Crippen molar-refractivity contribution in [3.8, 4) is 0 Å². The van der Waals surface area contributed by atoms with Gasteiger partial charge in [0.25, 0.3) is 12.0 Å². The highest BCUT2D eigenvalue weighted by molar-refractivity contribution is 5.91. The van der Waals surface area contributed by atoms with Crippen LogP contribution in [0, 0.1) is 0 Å². The Labute approximate surface area is 96.4 Å². The number of nitrogens with one attached hydrogen (secondary N) is 1. The maximum Gasteiger partial charge on any atom is 0.422 e. The van der Waals surface area contributed by atoms with Gasteiger partial charge in [0.15, 0.2) is 0 Å². The van der Waals surface area contributed by atoms with Crippen molar-refractivity contribution in [3.05, 3.63) is 33.2 Å². The van der Waals surface area contributed by atoms with Crippen LogP contribution in [0.5, 0.6) is 0 Å². The molecule has 1 N–H and O–H groups in total. The summed E-state index contributed by atoms with van der Waals surface area (Å²) in [5.41, 5.74) is -6.02. The number of halogens is 5.